The fourth-order valence-corrected chi connectivity index (χ4v) is 5.89. The number of pyridine rings is 1. The second-order valence-electron chi connectivity index (χ2n) is 11.9. The van der Waals surface area contributed by atoms with Crippen molar-refractivity contribution in [2.24, 2.45) is 0 Å². The maximum Gasteiger partial charge on any atom is 0.410 e. The zero-order chi connectivity index (χ0) is 29.6. The van der Waals surface area contributed by atoms with Crippen molar-refractivity contribution in [1.29, 1.82) is 0 Å². The minimum absolute atomic E-state index is 0.0983. The average molecular weight is 563 g/mol. The number of carbonyl (C=O) groups is 2. The van der Waals surface area contributed by atoms with E-state index in [9.17, 15) is 9.59 Å². The summed E-state index contributed by atoms with van der Waals surface area (Å²) in [6.07, 6.45) is 9.44. The number of ether oxygens (including phenoxy) is 2. The molecule has 0 atom stereocenters. The molecule has 1 N–H and O–H groups in total. The number of hydrogen-bond donors (Lipinski definition) is 1. The highest BCUT2D eigenvalue weighted by Crippen LogP contribution is 2.31. The Labute approximate surface area is 245 Å². The molecule has 3 heterocycles. The molecule has 222 valence electrons. The molecule has 0 bridgehead atoms. The van der Waals surface area contributed by atoms with Gasteiger partial charge in [-0.1, -0.05) is 18.2 Å². The van der Waals surface area contributed by atoms with Gasteiger partial charge in [-0.3, -0.25) is 4.79 Å². The highest BCUT2D eigenvalue weighted by molar-refractivity contribution is 5.97. The quantitative estimate of drug-likeness (QED) is 0.461. The zero-order valence-electron chi connectivity index (χ0n) is 25.6. The van der Waals surface area contributed by atoms with Crippen molar-refractivity contribution in [3.05, 3.63) is 64.4 Å². The minimum Gasteiger partial charge on any atom is -0.481 e. The van der Waals surface area contributed by atoms with Crippen LogP contribution in [0.5, 0.6) is 5.88 Å². The van der Waals surface area contributed by atoms with Crippen LogP contribution in [0.15, 0.2) is 36.4 Å². The normalized spacial score (nSPS) is 17.6. The second kappa shape index (κ2) is 13.4. The molecule has 1 aromatic heterocycles. The molecule has 8 nitrogen and oxygen atoms in total. The van der Waals surface area contributed by atoms with Crippen molar-refractivity contribution < 1.29 is 19.1 Å². The third-order valence-corrected chi connectivity index (χ3v) is 7.83. The van der Waals surface area contributed by atoms with Gasteiger partial charge in [-0.15, -0.1) is 0 Å². The molecule has 4 rings (SSSR count). The highest BCUT2D eigenvalue weighted by atomic mass is 16.6. The number of carbonyl (C=O) groups excluding carboxylic acids is 2. The largest absolute Gasteiger partial charge is 0.481 e. The van der Waals surface area contributed by atoms with Gasteiger partial charge in [0.05, 0.1) is 7.11 Å². The molecule has 2 aliphatic rings. The molecule has 1 aromatic carbocycles. The molecular weight excluding hydrogens is 516 g/mol. The summed E-state index contributed by atoms with van der Waals surface area (Å²) in [5.41, 5.74) is 5.34. The van der Waals surface area contributed by atoms with Crippen LogP contribution in [0.1, 0.15) is 86.1 Å². The number of aromatic nitrogens is 1. The molecule has 2 amide bonds. The fourth-order valence-electron chi connectivity index (χ4n) is 5.89. The summed E-state index contributed by atoms with van der Waals surface area (Å²) in [7, 11) is 1.63. The third-order valence-electron chi connectivity index (χ3n) is 7.83. The van der Waals surface area contributed by atoms with E-state index >= 15 is 0 Å². The molecular formula is C33H46N4O4. The van der Waals surface area contributed by atoms with E-state index in [1.807, 2.05) is 44.7 Å². The molecule has 2 aromatic rings. The van der Waals surface area contributed by atoms with E-state index in [0.29, 0.717) is 37.5 Å². The summed E-state index contributed by atoms with van der Waals surface area (Å²) in [5.74, 6) is 0.480. The summed E-state index contributed by atoms with van der Waals surface area (Å²) in [6, 6.07) is 8.41. The van der Waals surface area contributed by atoms with E-state index in [-0.39, 0.29) is 18.0 Å². The van der Waals surface area contributed by atoms with E-state index in [4.69, 9.17) is 9.47 Å². The van der Waals surface area contributed by atoms with Crippen molar-refractivity contribution in [3.8, 4) is 5.88 Å². The van der Waals surface area contributed by atoms with Gasteiger partial charge in [0.25, 0.3) is 5.91 Å². The molecule has 0 aliphatic carbocycles. The number of nitrogens with one attached hydrogen (secondary N) is 1. The maximum atomic E-state index is 13.7. The van der Waals surface area contributed by atoms with Gasteiger partial charge in [0.15, 0.2) is 0 Å². The summed E-state index contributed by atoms with van der Waals surface area (Å²) < 4.78 is 11.2. The molecule has 1 fully saturated rings. The Morgan fingerprint density at radius 2 is 1.93 bits per heavy atom. The van der Waals surface area contributed by atoms with Crippen molar-refractivity contribution in [2.75, 3.05) is 31.6 Å². The van der Waals surface area contributed by atoms with E-state index in [2.05, 4.69) is 46.4 Å². The number of likely N-dealkylation sites (tertiary alicyclic amines) is 1. The number of aryl methyl sites for hydroxylation is 2. The lowest BCUT2D eigenvalue weighted by atomic mass is 9.96. The van der Waals surface area contributed by atoms with Crippen LogP contribution in [-0.2, 0) is 24.1 Å². The molecule has 2 aliphatic heterocycles. The lowest BCUT2D eigenvalue weighted by molar-refractivity contribution is 0.0204. The Bertz CT molecular complexity index is 1260. The van der Waals surface area contributed by atoms with Gasteiger partial charge in [-0.05, 0) is 102 Å². The molecule has 1 saturated heterocycles. The van der Waals surface area contributed by atoms with Crippen molar-refractivity contribution in [2.45, 2.75) is 91.3 Å². The van der Waals surface area contributed by atoms with Crippen LogP contribution < -0.4 is 15.0 Å². The van der Waals surface area contributed by atoms with Gasteiger partial charge in [0, 0.05) is 54.7 Å². The third kappa shape index (κ3) is 7.60. The fraction of sp³-hybridized carbons (Fsp3) is 0.545. The van der Waals surface area contributed by atoms with Crippen molar-refractivity contribution in [1.82, 2.24) is 15.2 Å². The number of rotatable bonds is 4. The molecule has 0 unspecified atom stereocenters. The number of methoxy groups -OCH3 is 1. The molecule has 0 saturated carbocycles. The monoisotopic (exact) mass is 562 g/mol. The van der Waals surface area contributed by atoms with Gasteiger partial charge >= 0.3 is 6.09 Å². The van der Waals surface area contributed by atoms with Gasteiger partial charge in [0.1, 0.15) is 5.60 Å². The first-order valence-electron chi connectivity index (χ1n) is 14.9. The predicted molar refractivity (Wildman–Crippen MR) is 163 cm³/mol. The van der Waals surface area contributed by atoms with Crippen molar-refractivity contribution >= 4 is 17.7 Å². The Balaban J connectivity index is 1.59. The van der Waals surface area contributed by atoms with E-state index in [1.54, 1.807) is 7.11 Å². The molecule has 0 spiro atoms. The highest BCUT2D eigenvalue weighted by Gasteiger charge is 2.30. The van der Waals surface area contributed by atoms with Crippen LogP contribution in [-0.4, -0.2) is 60.3 Å². The first-order chi connectivity index (χ1) is 19.6. The molecule has 41 heavy (non-hydrogen) atoms. The first-order valence-corrected chi connectivity index (χ1v) is 14.9. The number of piperidine rings is 1. The second-order valence-corrected chi connectivity index (χ2v) is 11.9. The Hall–Kier alpha value is -3.55. The Morgan fingerprint density at radius 3 is 2.61 bits per heavy atom. The van der Waals surface area contributed by atoms with Crippen LogP contribution in [0.4, 0.5) is 10.5 Å². The summed E-state index contributed by atoms with van der Waals surface area (Å²) in [6.45, 7) is 12.3. The number of allylic oxidation sites excluding steroid dienone is 2. The number of amides is 2. The lowest BCUT2D eigenvalue weighted by Gasteiger charge is -2.40. The van der Waals surface area contributed by atoms with Crippen LogP contribution in [0.3, 0.4) is 0 Å². The van der Waals surface area contributed by atoms with Crippen LogP contribution in [0, 0.1) is 6.92 Å². The molecule has 0 radical (unpaired) electrons. The number of nitrogens with zero attached hydrogens (tertiary/aromatic N) is 3. The topological polar surface area (TPSA) is 84.0 Å². The summed E-state index contributed by atoms with van der Waals surface area (Å²) in [5, 5.41) is 3.17. The number of hydrogen-bond acceptors (Lipinski definition) is 6. The zero-order valence-corrected chi connectivity index (χ0v) is 25.6. The van der Waals surface area contributed by atoms with Crippen LogP contribution in [0.2, 0.25) is 0 Å². The average Bonchev–Trinajstić information content (AvgIpc) is 2.94. The minimum atomic E-state index is -0.505. The Morgan fingerprint density at radius 1 is 1.17 bits per heavy atom. The predicted octanol–water partition coefficient (Wildman–Crippen LogP) is 5.99. The standard InChI is InChI=1S/C33H46N4O4/c1-7-37(25-17-19-36(20-18-25)32(39)41-33(3,4)5)29-16-12-15-27-26(29)14-11-9-8-10-13-24-21-23(2)35-31(40-6)28(24)22-34-30(27)38/h9,11-12,15-16,21,25H,7-8,10,13-14,17-20,22H2,1-6H3,(H,34,38)/b11-9+. The van der Waals surface area contributed by atoms with Crippen molar-refractivity contribution in [3.63, 3.8) is 0 Å². The van der Waals surface area contributed by atoms with E-state index in [0.717, 1.165) is 61.2 Å². The number of benzene rings is 1. The number of anilines is 1. The van der Waals surface area contributed by atoms with Gasteiger partial charge < -0.3 is 24.6 Å². The van der Waals surface area contributed by atoms with Gasteiger partial charge in [0.2, 0.25) is 5.88 Å². The first kappa shape index (κ1) is 30.4. The molecule has 8 heteroatoms. The number of fused-ring (bicyclic) bond motifs is 2. The van der Waals surface area contributed by atoms with E-state index in [1.165, 1.54) is 5.56 Å². The SMILES string of the molecule is CCN(c1cccc2c1C/C=C/CCCc1cc(C)nc(OC)c1CNC2=O)C1CCN(C(=O)OC(C)(C)C)CC1. The summed E-state index contributed by atoms with van der Waals surface area (Å²) in [4.78, 5) is 35.1. The van der Waals surface area contributed by atoms with Gasteiger partial charge in [-0.2, -0.15) is 0 Å². The smallest absolute Gasteiger partial charge is 0.410 e. The van der Waals surface area contributed by atoms with Crippen LogP contribution in [0.25, 0.3) is 0 Å². The summed E-state index contributed by atoms with van der Waals surface area (Å²) >= 11 is 0. The maximum absolute atomic E-state index is 13.7. The Kier molecular flexibility index (Phi) is 9.94. The van der Waals surface area contributed by atoms with E-state index < -0.39 is 5.60 Å². The van der Waals surface area contributed by atoms with Gasteiger partial charge in [-0.25, -0.2) is 9.78 Å². The van der Waals surface area contributed by atoms with Crippen LogP contribution >= 0.6 is 0 Å². The lowest BCUT2D eigenvalue weighted by Crippen LogP contribution is -2.48.